The number of morpholine rings is 1. The number of hydrogen-bond donors (Lipinski definition) is 0. The molecule has 0 amide bonds. The van der Waals surface area contributed by atoms with Crippen LogP contribution in [0.25, 0.3) is 0 Å². The standard InChI is InChI=1S/C15H21ClFNO3/c1-19-7-5-11-9-18(6-8-21-11)10-12-13(17)3-4-14(20-2)15(12)16/h3-4,11H,5-10H2,1-2H3/t11-/m0/s1. The molecule has 1 aromatic carbocycles. The number of halogens is 2. The van der Waals surface area contributed by atoms with E-state index >= 15 is 0 Å². The quantitative estimate of drug-likeness (QED) is 0.807. The number of benzene rings is 1. The van der Waals surface area contributed by atoms with Gasteiger partial charge in [-0.2, -0.15) is 0 Å². The van der Waals surface area contributed by atoms with Crippen molar-refractivity contribution in [2.75, 3.05) is 40.5 Å². The van der Waals surface area contributed by atoms with Gasteiger partial charge in [-0.1, -0.05) is 11.6 Å². The van der Waals surface area contributed by atoms with Crippen LogP contribution in [-0.2, 0) is 16.0 Å². The fraction of sp³-hybridized carbons (Fsp3) is 0.600. The van der Waals surface area contributed by atoms with E-state index in [1.54, 1.807) is 13.2 Å². The summed E-state index contributed by atoms with van der Waals surface area (Å²) in [4.78, 5) is 2.15. The maximum atomic E-state index is 14.0. The van der Waals surface area contributed by atoms with Crippen LogP contribution in [0.3, 0.4) is 0 Å². The molecule has 0 aromatic heterocycles. The molecule has 0 unspecified atom stereocenters. The average molecular weight is 318 g/mol. The van der Waals surface area contributed by atoms with Crippen molar-refractivity contribution in [3.8, 4) is 5.75 Å². The third-order valence-electron chi connectivity index (χ3n) is 3.62. The Bertz CT molecular complexity index is 472. The summed E-state index contributed by atoms with van der Waals surface area (Å²) in [5, 5.41) is 0.345. The third-order valence-corrected chi connectivity index (χ3v) is 4.03. The Balaban J connectivity index is 2.04. The van der Waals surface area contributed by atoms with Crippen LogP contribution < -0.4 is 4.74 Å². The lowest BCUT2D eigenvalue weighted by atomic mass is 10.1. The molecule has 0 radical (unpaired) electrons. The topological polar surface area (TPSA) is 30.9 Å². The van der Waals surface area contributed by atoms with Crippen LogP contribution in [-0.4, -0.2) is 51.5 Å². The molecule has 1 atom stereocenters. The summed E-state index contributed by atoms with van der Waals surface area (Å²) >= 11 is 6.21. The molecule has 2 rings (SSSR count). The van der Waals surface area contributed by atoms with Crippen LogP contribution in [0.2, 0.25) is 5.02 Å². The molecule has 1 fully saturated rings. The molecule has 0 aliphatic carbocycles. The predicted octanol–water partition coefficient (Wildman–Crippen LogP) is 2.73. The van der Waals surface area contributed by atoms with Crippen molar-refractivity contribution >= 4 is 11.6 Å². The van der Waals surface area contributed by atoms with Gasteiger partial charge in [0, 0.05) is 38.9 Å². The number of ether oxygens (including phenoxy) is 3. The maximum Gasteiger partial charge on any atom is 0.137 e. The van der Waals surface area contributed by atoms with Crippen LogP contribution >= 0.6 is 11.6 Å². The second-order valence-corrected chi connectivity index (χ2v) is 5.43. The van der Waals surface area contributed by atoms with Crippen molar-refractivity contribution in [2.24, 2.45) is 0 Å². The monoisotopic (exact) mass is 317 g/mol. The Labute approximate surface area is 129 Å². The fourth-order valence-corrected chi connectivity index (χ4v) is 2.74. The molecule has 1 heterocycles. The highest BCUT2D eigenvalue weighted by atomic mass is 35.5. The Kier molecular flexibility index (Phi) is 6.23. The predicted molar refractivity (Wildman–Crippen MR) is 79.5 cm³/mol. The van der Waals surface area contributed by atoms with Gasteiger partial charge in [0.25, 0.3) is 0 Å². The van der Waals surface area contributed by atoms with Crippen molar-refractivity contribution in [3.63, 3.8) is 0 Å². The lowest BCUT2D eigenvalue weighted by molar-refractivity contribution is -0.0435. The highest BCUT2D eigenvalue weighted by Crippen LogP contribution is 2.31. The van der Waals surface area contributed by atoms with E-state index < -0.39 is 0 Å². The van der Waals surface area contributed by atoms with Gasteiger partial charge < -0.3 is 14.2 Å². The molecule has 0 bridgehead atoms. The number of nitrogens with zero attached hydrogens (tertiary/aromatic N) is 1. The van der Waals surface area contributed by atoms with E-state index in [1.807, 2.05) is 0 Å². The summed E-state index contributed by atoms with van der Waals surface area (Å²) in [6, 6.07) is 2.94. The normalized spacial score (nSPS) is 19.7. The fourth-order valence-electron chi connectivity index (χ4n) is 2.45. The van der Waals surface area contributed by atoms with E-state index in [9.17, 15) is 4.39 Å². The van der Waals surface area contributed by atoms with Crippen molar-refractivity contribution in [1.29, 1.82) is 0 Å². The lowest BCUT2D eigenvalue weighted by Crippen LogP contribution is -2.42. The van der Waals surface area contributed by atoms with E-state index in [4.69, 9.17) is 25.8 Å². The molecule has 0 saturated carbocycles. The minimum atomic E-state index is -0.305. The number of rotatable bonds is 6. The summed E-state index contributed by atoms with van der Waals surface area (Å²) in [5.74, 6) is 0.193. The van der Waals surface area contributed by atoms with E-state index in [1.165, 1.54) is 13.2 Å². The first-order valence-electron chi connectivity index (χ1n) is 6.99. The highest BCUT2D eigenvalue weighted by molar-refractivity contribution is 6.32. The SMILES string of the molecule is COCC[C@H]1CN(Cc2c(F)ccc(OC)c2Cl)CCO1. The van der Waals surface area contributed by atoms with E-state index in [2.05, 4.69) is 4.90 Å². The Hall–Kier alpha value is -0.880. The van der Waals surface area contributed by atoms with Crippen molar-refractivity contribution in [1.82, 2.24) is 4.90 Å². The van der Waals surface area contributed by atoms with Gasteiger partial charge in [-0.3, -0.25) is 4.90 Å². The van der Waals surface area contributed by atoms with Gasteiger partial charge in [0.1, 0.15) is 11.6 Å². The lowest BCUT2D eigenvalue weighted by Gasteiger charge is -2.33. The Morgan fingerprint density at radius 2 is 2.24 bits per heavy atom. The second-order valence-electron chi connectivity index (χ2n) is 5.05. The van der Waals surface area contributed by atoms with Crippen LogP contribution in [0.15, 0.2) is 12.1 Å². The van der Waals surface area contributed by atoms with E-state index in [-0.39, 0.29) is 11.9 Å². The van der Waals surface area contributed by atoms with Crippen molar-refractivity contribution in [3.05, 3.63) is 28.5 Å². The Morgan fingerprint density at radius 3 is 2.95 bits per heavy atom. The van der Waals surface area contributed by atoms with E-state index in [0.717, 1.165) is 19.5 Å². The first kappa shape index (κ1) is 16.5. The van der Waals surface area contributed by atoms with Gasteiger partial charge in [-0.15, -0.1) is 0 Å². The highest BCUT2D eigenvalue weighted by Gasteiger charge is 2.23. The summed E-state index contributed by atoms with van der Waals surface area (Å²) in [7, 11) is 3.20. The summed E-state index contributed by atoms with van der Waals surface area (Å²) in [6.45, 7) is 3.26. The molecule has 1 aromatic rings. The zero-order valence-electron chi connectivity index (χ0n) is 12.4. The third kappa shape index (κ3) is 4.30. The molecular formula is C15H21ClFNO3. The first-order chi connectivity index (χ1) is 10.2. The second kappa shape index (κ2) is 7.94. The molecule has 6 heteroatoms. The van der Waals surface area contributed by atoms with Crippen LogP contribution in [0.1, 0.15) is 12.0 Å². The van der Waals surface area contributed by atoms with Gasteiger partial charge in [0.05, 0.1) is 24.8 Å². The van der Waals surface area contributed by atoms with Crippen LogP contribution in [0.4, 0.5) is 4.39 Å². The molecule has 1 saturated heterocycles. The van der Waals surface area contributed by atoms with Gasteiger partial charge in [-0.25, -0.2) is 4.39 Å². The molecule has 0 spiro atoms. The molecule has 21 heavy (non-hydrogen) atoms. The zero-order valence-corrected chi connectivity index (χ0v) is 13.2. The smallest absolute Gasteiger partial charge is 0.137 e. The van der Waals surface area contributed by atoms with Gasteiger partial charge in [0.2, 0.25) is 0 Å². The number of hydrogen-bond acceptors (Lipinski definition) is 4. The van der Waals surface area contributed by atoms with E-state index in [0.29, 0.717) is 36.1 Å². The zero-order chi connectivity index (χ0) is 15.2. The van der Waals surface area contributed by atoms with Crippen molar-refractivity contribution < 1.29 is 18.6 Å². The van der Waals surface area contributed by atoms with Crippen LogP contribution in [0.5, 0.6) is 5.75 Å². The molecule has 4 nitrogen and oxygen atoms in total. The first-order valence-corrected chi connectivity index (χ1v) is 7.37. The molecule has 1 aliphatic rings. The van der Waals surface area contributed by atoms with Gasteiger partial charge in [-0.05, 0) is 18.6 Å². The Morgan fingerprint density at radius 1 is 1.43 bits per heavy atom. The minimum absolute atomic E-state index is 0.117. The summed E-state index contributed by atoms with van der Waals surface area (Å²) in [5.41, 5.74) is 0.475. The van der Waals surface area contributed by atoms with Gasteiger partial charge >= 0.3 is 0 Å². The van der Waals surface area contributed by atoms with Gasteiger partial charge in [0.15, 0.2) is 0 Å². The van der Waals surface area contributed by atoms with Crippen molar-refractivity contribution in [2.45, 2.75) is 19.1 Å². The average Bonchev–Trinajstić information content (AvgIpc) is 2.50. The number of methoxy groups -OCH3 is 2. The molecule has 1 aliphatic heterocycles. The minimum Gasteiger partial charge on any atom is -0.495 e. The van der Waals surface area contributed by atoms with Crippen LogP contribution in [0, 0.1) is 5.82 Å². The summed E-state index contributed by atoms with van der Waals surface area (Å²) < 4.78 is 29.9. The molecule has 0 N–H and O–H groups in total. The maximum absolute atomic E-state index is 14.0. The summed E-state index contributed by atoms with van der Waals surface area (Å²) in [6.07, 6.45) is 0.951. The largest absolute Gasteiger partial charge is 0.495 e. The molecular weight excluding hydrogens is 297 g/mol. The molecule has 118 valence electrons.